The van der Waals surface area contributed by atoms with Gasteiger partial charge in [0, 0.05) is 0 Å². The molecule has 0 saturated heterocycles. The summed E-state index contributed by atoms with van der Waals surface area (Å²) in [6.07, 6.45) is -20.1. The summed E-state index contributed by atoms with van der Waals surface area (Å²) in [6.45, 7) is 0. The normalized spacial score (nSPS) is 12.2. The zero-order valence-electron chi connectivity index (χ0n) is 18.3. The van der Waals surface area contributed by atoms with Gasteiger partial charge in [-0.25, -0.2) is 4.79 Å². The number of carbonyl (C=O) groups excluding carboxylic acids is 2. The first-order chi connectivity index (χ1) is 17.0. The number of esters is 1. The molecular formula is C20H13F12N3O3. The second-order valence-electron chi connectivity index (χ2n) is 6.85. The molecule has 210 valence electrons. The number of halogens is 12. The third-order valence-corrected chi connectivity index (χ3v) is 4.17. The molecule has 0 fully saturated rings. The van der Waals surface area contributed by atoms with Gasteiger partial charge in [-0.15, -0.1) is 0 Å². The Labute approximate surface area is 203 Å². The molecule has 2 aromatic carbocycles. The molecule has 0 saturated carbocycles. The van der Waals surface area contributed by atoms with Crippen LogP contribution in [0.25, 0.3) is 0 Å². The fraction of sp³-hybridized carbons (Fsp3) is 0.250. The Morgan fingerprint density at radius 2 is 1.03 bits per heavy atom. The SMILES string of the molecule is COC(=O)c1ccc(C(F)(F)F)cc1C(F)(F)F.NC(N)=NC(=O)c1ccc(C(F)(F)F)cc1C(F)(F)F. The molecule has 38 heavy (non-hydrogen) atoms. The van der Waals surface area contributed by atoms with E-state index >= 15 is 0 Å². The number of carbonyl (C=O) groups is 2. The molecule has 0 spiro atoms. The largest absolute Gasteiger partial charge is 0.465 e. The van der Waals surface area contributed by atoms with Crippen LogP contribution < -0.4 is 11.5 Å². The third kappa shape index (κ3) is 8.55. The number of guanidine groups is 1. The van der Waals surface area contributed by atoms with Crippen molar-refractivity contribution in [3.05, 3.63) is 69.8 Å². The van der Waals surface area contributed by atoms with E-state index in [0.717, 1.165) is 7.11 Å². The van der Waals surface area contributed by atoms with Gasteiger partial charge >= 0.3 is 30.7 Å². The number of benzene rings is 2. The van der Waals surface area contributed by atoms with Gasteiger partial charge < -0.3 is 16.2 Å². The summed E-state index contributed by atoms with van der Waals surface area (Å²) in [5.74, 6) is -3.63. The molecular weight excluding hydrogens is 558 g/mol. The quantitative estimate of drug-likeness (QED) is 0.210. The van der Waals surface area contributed by atoms with Crippen LogP contribution in [0.4, 0.5) is 52.7 Å². The van der Waals surface area contributed by atoms with E-state index in [4.69, 9.17) is 11.5 Å². The van der Waals surface area contributed by atoms with Gasteiger partial charge in [0.25, 0.3) is 5.91 Å². The van der Waals surface area contributed by atoms with Crippen LogP contribution in [0.5, 0.6) is 0 Å². The molecule has 2 rings (SSSR count). The van der Waals surface area contributed by atoms with E-state index in [1.54, 1.807) is 0 Å². The number of nitrogens with two attached hydrogens (primary N) is 2. The van der Waals surface area contributed by atoms with Crippen LogP contribution >= 0.6 is 0 Å². The summed E-state index contributed by atoms with van der Waals surface area (Å²) >= 11 is 0. The molecule has 1 amide bonds. The van der Waals surface area contributed by atoms with Crippen LogP contribution in [0.2, 0.25) is 0 Å². The fourth-order valence-electron chi connectivity index (χ4n) is 2.56. The Morgan fingerprint density at radius 1 is 0.658 bits per heavy atom. The number of alkyl halides is 12. The number of amides is 1. The van der Waals surface area contributed by atoms with Crippen LogP contribution in [-0.2, 0) is 29.4 Å². The second-order valence-corrected chi connectivity index (χ2v) is 6.85. The summed E-state index contributed by atoms with van der Waals surface area (Å²) in [6, 6.07) is 1.26. The molecule has 0 bridgehead atoms. The maximum atomic E-state index is 12.7. The van der Waals surface area contributed by atoms with Crippen LogP contribution in [0.15, 0.2) is 41.4 Å². The van der Waals surface area contributed by atoms with Crippen LogP contribution in [-0.4, -0.2) is 24.9 Å². The summed E-state index contributed by atoms with van der Waals surface area (Å²) in [5.41, 5.74) is 1.18. The first-order valence-electron chi connectivity index (χ1n) is 9.29. The minimum Gasteiger partial charge on any atom is -0.465 e. The predicted molar refractivity (Wildman–Crippen MR) is 104 cm³/mol. The minimum atomic E-state index is -5.16. The van der Waals surface area contributed by atoms with E-state index in [9.17, 15) is 62.3 Å². The molecule has 0 aromatic heterocycles. The number of hydrogen-bond donors (Lipinski definition) is 2. The van der Waals surface area contributed by atoms with Crippen molar-refractivity contribution in [2.24, 2.45) is 16.5 Å². The van der Waals surface area contributed by atoms with Crippen molar-refractivity contribution in [3.63, 3.8) is 0 Å². The van der Waals surface area contributed by atoms with E-state index in [-0.39, 0.29) is 12.1 Å². The van der Waals surface area contributed by atoms with Gasteiger partial charge in [0.05, 0.1) is 40.5 Å². The predicted octanol–water partition coefficient (Wildman–Crippen LogP) is 5.65. The Kier molecular flexibility index (Phi) is 9.42. The van der Waals surface area contributed by atoms with E-state index in [0.29, 0.717) is 24.3 Å². The Balaban J connectivity index is 0.000000382. The monoisotopic (exact) mass is 571 g/mol. The number of aliphatic imine (C=N–C) groups is 1. The lowest BCUT2D eigenvalue weighted by Gasteiger charge is -2.14. The van der Waals surface area contributed by atoms with Crippen molar-refractivity contribution in [3.8, 4) is 0 Å². The number of methoxy groups -OCH3 is 1. The minimum absolute atomic E-state index is 0.119. The van der Waals surface area contributed by atoms with Crippen molar-refractivity contribution in [1.82, 2.24) is 0 Å². The molecule has 0 radical (unpaired) electrons. The molecule has 6 nitrogen and oxygen atoms in total. The molecule has 18 heteroatoms. The van der Waals surface area contributed by atoms with Gasteiger partial charge in [0.15, 0.2) is 5.96 Å². The zero-order valence-corrected chi connectivity index (χ0v) is 18.3. The standard InChI is InChI=1S/C10H7F6N3O.C10H6F6O2/c11-9(12,13)4-1-2-5(7(20)19-8(17)18)6(3-4)10(14,15)16;1-18-8(17)6-3-2-5(9(11,12)13)4-7(6)10(14,15)16/h1-3H,(H4,17,18,19,20);2-4H,1H3. The maximum Gasteiger partial charge on any atom is 0.417 e. The maximum absolute atomic E-state index is 12.7. The van der Waals surface area contributed by atoms with E-state index in [1.165, 1.54) is 0 Å². The smallest absolute Gasteiger partial charge is 0.417 e. The van der Waals surface area contributed by atoms with E-state index in [1.807, 2.05) is 0 Å². The average molecular weight is 571 g/mol. The Hall–Kier alpha value is -3.99. The number of ether oxygens (including phenoxy) is 1. The lowest BCUT2D eigenvalue weighted by Crippen LogP contribution is -2.25. The lowest BCUT2D eigenvalue weighted by atomic mass is 10.0. The topological polar surface area (TPSA) is 108 Å². The van der Waals surface area contributed by atoms with Gasteiger partial charge in [-0.05, 0) is 36.4 Å². The van der Waals surface area contributed by atoms with Gasteiger partial charge in [0.1, 0.15) is 0 Å². The van der Waals surface area contributed by atoms with Crippen LogP contribution in [0.1, 0.15) is 43.0 Å². The first kappa shape index (κ1) is 32.0. The van der Waals surface area contributed by atoms with Crippen molar-refractivity contribution in [1.29, 1.82) is 0 Å². The van der Waals surface area contributed by atoms with Crippen LogP contribution in [0.3, 0.4) is 0 Å². The summed E-state index contributed by atoms with van der Waals surface area (Å²) in [7, 11) is 0.833. The Morgan fingerprint density at radius 3 is 1.34 bits per heavy atom. The lowest BCUT2D eigenvalue weighted by molar-refractivity contribution is -0.144. The molecule has 2 aromatic rings. The molecule has 4 N–H and O–H groups in total. The molecule has 0 atom stereocenters. The first-order valence-corrected chi connectivity index (χ1v) is 9.29. The van der Waals surface area contributed by atoms with Crippen molar-refractivity contribution in [2.45, 2.75) is 24.7 Å². The number of rotatable bonds is 2. The molecule has 0 aliphatic rings. The van der Waals surface area contributed by atoms with Crippen LogP contribution in [0, 0.1) is 0 Å². The second kappa shape index (κ2) is 11.2. The molecule has 0 unspecified atom stereocenters. The highest BCUT2D eigenvalue weighted by atomic mass is 19.4. The average Bonchev–Trinajstić information content (AvgIpc) is 2.75. The summed E-state index contributed by atoms with van der Waals surface area (Å²) in [5, 5.41) is 0. The van der Waals surface area contributed by atoms with Gasteiger partial charge in [-0.2, -0.15) is 57.7 Å². The summed E-state index contributed by atoms with van der Waals surface area (Å²) < 4.78 is 154. The molecule has 0 aliphatic heterocycles. The van der Waals surface area contributed by atoms with Crippen molar-refractivity contribution < 1.29 is 67.0 Å². The molecule has 0 heterocycles. The van der Waals surface area contributed by atoms with Gasteiger partial charge in [-0.3, -0.25) is 4.79 Å². The van der Waals surface area contributed by atoms with E-state index in [2.05, 4.69) is 9.73 Å². The van der Waals surface area contributed by atoms with E-state index < -0.39 is 75.9 Å². The van der Waals surface area contributed by atoms with Crippen molar-refractivity contribution in [2.75, 3.05) is 7.11 Å². The zero-order chi connectivity index (χ0) is 29.9. The van der Waals surface area contributed by atoms with Gasteiger partial charge in [-0.1, -0.05) is 0 Å². The fourth-order valence-corrected chi connectivity index (χ4v) is 2.56. The molecule has 0 aliphatic carbocycles. The highest BCUT2D eigenvalue weighted by Crippen LogP contribution is 2.38. The number of hydrogen-bond acceptors (Lipinski definition) is 3. The third-order valence-electron chi connectivity index (χ3n) is 4.17. The van der Waals surface area contributed by atoms with Crippen molar-refractivity contribution >= 4 is 17.8 Å². The Bertz CT molecular complexity index is 1210. The summed E-state index contributed by atoms with van der Waals surface area (Å²) in [4.78, 5) is 25.3. The number of nitrogens with zero attached hydrogens (tertiary/aromatic N) is 1. The van der Waals surface area contributed by atoms with Gasteiger partial charge in [0.2, 0.25) is 0 Å². The highest BCUT2D eigenvalue weighted by Gasteiger charge is 2.40. The highest BCUT2D eigenvalue weighted by molar-refractivity contribution is 6.03.